The average molecular weight is 261 g/mol. The van der Waals surface area contributed by atoms with Gasteiger partial charge in [0.25, 0.3) is 0 Å². The van der Waals surface area contributed by atoms with Gasteiger partial charge in [-0.1, -0.05) is 22.0 Å². The molecule has 0 saturated carbocycles. The van der Waals surface area contributed by atoms with E-state index in [-0.39, 0.29) is 12.3 Å². The summed E-state index contributed by atoms with van der Waals surface area (Å²) in [6, 6.07) is 3.87. The fourth-order valence-corrected chi connectivity index (χ4v) is 2.11. The highest BCUT2D eigenvalue weighted by Gasteiger charge is 2.08. The number of hydrogen-bond donors (Lipinski definition) is 0. The van der Waals surface area contributed by atoms with E-state index in [0.717, 1.165) is 20.9 Å². The molecule has 2 nitrogen and oxygen atoms in total. The van der Waals surface area contributed by atoms with Crippen LogP contribution < -0.4 is 0 Å². The molecule has 0 spiro atoms. The van der Waals surface area contributed by atoms with Crippen molar-refractivity contribution in [1.29, 1.82) is 0 Å². The highest BCUT2D eigenvalue weighted by molar-refractivity contribution is 9.10. The summed E-state index contributed by atoms with van der Waals surface area (Å²) < 4.78 is 14.6. The molecule has 13 heavy (non-hydrogen) atoms. The zero-order valence-corrected chi connectivity index (χ0v) is 9.19. The second-order valence-corrected chi connectivity index (χ2v) is 4.05. The summed E-state index contributed by atoms with van der Waals surface area (Å²) in [6.45, 7) is 1.93. The van der Waals surface area contributed by atoms with Crippen molar-refractivity contribution in [1.82, 2.24) is 9.19 Å². The molecule has 0 radical (unpaired) electrons. The fourth-order valence-electron chi connectivity index (χ4n) is 1.29. The van der Waals surface area contributed by atoms with Gasteiger partial charge in [-0.2, -0.15) is 9.19 Å². The zero-order chi connectivity index (χ0) is 9.42. The van der Waals surface area contributed by atoms with Crippen LogP contribution in [0.25, 0.3) is 10.9 Å². The maximum atomic E-state index is 12.4. The minimum atomic E-state index is 0.113. The first-order valence-electron chi connectivity index (χ1n) is 3.66. The molecule has 2 rings (SSSR count). The third-order valence-electron chi connectivity index (χ3n) is 1.91. The molecule has 5 heteroatoms. The van der Waals surface area contributed by atoms with Crippen LogP contribution in [0.5, 0.6) is 0 Å². The summed E-state index contributed by atoms with van der Waals surface area (Å²) in [4.78, 5) is 0. The minimum Gasteiger partial charge on any atom is -0.176 e. The van der Waals surface area contributed by atoms with Crippen LogP contribution in [0.15, 0.2) is 22.8 Å². The van der Waals surface area contributed by atoms with E-state index in [2.05, 4.69) is 21.0 Å². The molecule has 0 aliphatic carbocycles. The van der Waals surface area contributed by atoms with Crippen LogP contribution >= 0.6 is 28.3 Å². The lowest BCUT2D eigenvalue weighted by molar-refractivity contribution is 0.887. The molecule has 0 fully saturated rings. The van der Waals surface area contributed by atoms with Gasteiger partial charge < -0.3 is 0 Å². The summed E-state index contributed by atoms with van der Waals surface area (Å²) in [5.74, 6) is 0. The first-order chi connectivity index (χ1) is 6.24. The highest BCUT2D eigenvalue weighted by atomic mass is 79.9. The molecule has 0 N–H and O–H groups in total. The molecule has 0 atom stereocenters. The Hall–Kier alpha value is -0.550. The van der Waals surface area contributed by atoms with Gasteiger partial charge >= 0.3 is 0 Å². The van der Waals surface area contributed by atoms with Crippen LogP contribution in [0.4, 0.5) is 3.89 Å². The molecule has 1 aromatic heterocycles. The van der Waals surface area contributed by atoms with Gasteiger partial charge in [0.15, 0.2) is 12.3 Å². The lowest BCUT2D eigenvalue weighted by atomic mass is 10.2. The first-order valence-corrected chi connectivity index (χ1v) is 5.12. The molecule has 0 aliphatic heterocycles. The Bertz CT molecular complexity index is 455. The predicted molar refractivity (Wildman–Crippen MR) is 56.3 cm³/mol. The van der Waals surface area contributed by atoms with Crippen molar-refractivity contribution in [2.75, 3.05) is 0 Å². The second kappa shape index (κ2) is 3.31. The largest absolute Gasteiger partial charge is 0.188 e. The lowest BCUT2D eigenvalue weighted by Gasteiger charge is -1.99. The van der Waals surface area contributed by atoms with E-state index in [4.69, 9.17) is 0 Å². The smallest absolute Gasteiger partial charge is 0.176 e. The maximum absolute atomic E-state index is 12.4. The van der Waals surface area contributed by atoms with Crippen LogP contribution in [0.1, 0.15) is 5.56 Å². The van der Waals surface area contributed by atoms with Crippen molar-refractivity contribution in [2.24, 2.45) is 0 Å². The number of nitrogens with zero attached hydrogens (tertiary/aromatic N) is 2. The Morgan fingerprint density at radius 3 is 3.00 bits per heavy atom. The number of fused-ring (bicyclic) bond motifs is 1. The maximum Gasteiger partial charge on any atom is 0.188 e. The van der Waals surface area contributed by atoms with E-state index in [1.165, 1.54) is 4.09 Å². The van der Waals surface area contributed by atoms with Gasteiger partial charge in [0.2, 0.25) is 0 Å². The summed E-state index contributed by atoms with van der Waals surface area (Å²) >= 11 is 3.50. The highest BCUT2D eigenvalue weighted by Crippen LogP contribution is 2.28. The Labute approximate surface area is 87.7 Å². The summed E-state index contributed by atoms with van der Waals surface area (Å²) in [5, 5.41) is 4.85. The van der Waals surface area contributed by atoms with E-state index in [1.807, 2.05) is 19.1 Å². The summed E-state index contributed by atoms with van der Waals surface area (Å²) in [5.41, 5.74) is 1.84. The predicted octanol–water partition coefficient (Wildman–Crippen LogP) is 3.49. The molecule has 68 valence electrons. The van der Waals surface area contributed by atoms with Crippen LogP contribution in [0.3, 0.4) is 0 Å². The molecule has 1 heterocycles. The fraction of sp³-hybridized carbons (Fsp3) is 0.125. The molecule has 1 aromatic carbocycles. The summed E-state index contributed by atoms with van der Waals surface area (Å²) in [7, 11) is 0. The van der Waals surface area contributed by atoms with E-state index in [1.54, 1.807) is 6.20 Å². The minimum absolute atomic E-state index is 0.113. The van der Waals surface area contributed by atoms with Gasteiger partial charge in [-0.15, -0.1) is 3.89 Å². The first kappa shape index (κ1) is 9.02. The third-order valence-corrected chi connectivity index (χ3v) is 3.01. The van der Waals surface area contributed by atoms with Crippen LogP contribution in [-0.2, 0) is 0 Å². The van der Waals surface area contributed by atoms with Crippen molar-refractivity contribution < 1.29 is 3.89 Å². The molecule has 0 aliphatic rings. The van der Waals surface area contributed by atoms with Gasteiger partial charge in [0.1, 0.15) is 0 Å². The van der Waals surface area contributed by atoms with Crippen molar-refractivity contribution in [3.63, 3.8) is 0 Å². The summed E-state index contributed by atoms with van der Waals surface area (Å²) in [6.07, 6.45) is 1.65. The molecule has 0 bridgehead atoms. The van der Waals surface area contributed by atoms with Crippen LogP contribution in [0.2, 0.25) is 0 Å². The number of rotatable bonds is 1. The number of aryl methyl sites for hydroxylation is 1. The Balaban J connectivity index is 2.87. The van der Waals surface area contributed by atoms with Gasteiger partial charge in [-0.3, -0.25) is 0 Å². The molecule has 0 amide bonds. The van der Waals surface area contributed by atoms with Gasteiger partial charge in [0, 0.05) is 9.86 Å². The third kappa shape index (κ3) is 1.36. The lowest BCUT2D eigenvalue weighted by Crippen LogP contribution is -1.87. The standard InChI is InChI=1S/C8H6BrFN2S/c1-5-2-3-7(9)6-4-11-12(13-10)8(5)6/h2-4H,1H3. The van der Waals surface area contributed by atoms with Crippen LogP contribution in [0, 0.1) is 6.92 Å². The SMILES string of the molecule is Cc1ccc(Br)c2cnn(SF)c12. The van der Waals surface area contributed by atoms with E-state index in [0.29, 0.717) is 0 Å². The monoisotopic (exact) mass is 260 g/mol. The quantitative estimate of drug-likeness (QED) is 0.782. The van der Waals surface area contributed by atoms with Gasteiger partial charge in [-0.05, 0) is 18.6 Å². The molecular formula is C8H6BrFN2S. The van der Waals surface area contributed by atoms with Crippen molar-refractivity contribution in [3.05, 3.63) is 28.4 Å². The number of hydrogen-bond acceptors (Lipinski definition) is 2. The number of halogens is 2. The van der Waals surface area contributed by atoms with Crippen molar-refractivity contribution >= 4 is 39.2 Å². The number of aromatic nitrogens is 2. The Kier molecular flexibility index (Phi) is 2.29. The van der Waals surface area contributed by atoms with Crippen molar-refractivity contribution in [2.45, 2.75) is 6.92 Å². The van der Waals surface area contributed by atoms with E-state index >= 15 is 0 Å². The average Bonchev–Trinajstić information content (AvgIpc) is 2.56. The topological polar surface area (TPSA) is 17.8 Å². The van der Waals surface area contributed by atoms with Crippen LogP contribution in [-0.4, -0.2) is 9.19 Å². The molecule has 2 aromatic rings. The van der Waals surface area contributed by atoms with E-state index < -0.39 is 0 Å². The second-order valence-electron chi connectivity index (χ2n) is 2.71. The number of benzene rings is 1. The Morgan fingerprint density at radius 1 is 1.54 bits per heavy atom. The molecule has 0 saturated heterocycles. The van der Waals surface area contributed by atoms with E-state index in [9.17, 15) is 3.89 Å². The zero-order valence-electron chi connectivity index (χ0n) is 6.79. The molecule has 0 unspecified atom stereocenters. The Morgan fingerprint density at radius 2 is 2.31 bits per heavy atom. The normalized spacial score (nSPS) is 11.0. The molecular weight excluding hydrogens is 255 g/mol. The van der Waals surface area contributed by atoms with Gasteiger partial charge in [0.05, 0.1) is 11.7 Å². The van der Waals surface area contributed by atoms with Crippen molar-refractivity contribution in [3.8, 4) is 0 Å². The van der Waals surface area contributed by atoms with Gasteiger partial charge in [-0.25, -0.2) is 0 Å².